The van der Waals surface area contributed by atoms with Gasteiger partial charge >= 0.3 is 0 Å². The Morgan fingerprint density at radius 3 is 2.82 bits per heavy atom. The molecule has 0 aliphatic heterocycles. The highest BCUT2D eigenvalue weighted by Crippen LogP contribution is 2.09. The van der Waals surface area contributed by atoms with E-state index in [1.165, 1.54) is 5.56 Å². The second-order valence-electron chi connectivity index (χ2n) is 2.85. The maximum absolute atomic E-state index is 5.65. The number of rotatable bonds is 2. The molecule has 1 aromatic carbocycles. The summed E-state index contributed by atoms with van der Waals surface area (Å²) >= 11 is 4.24. The van der Waals surface area contributed by atoms with Crippen LogP contribution in [-0.4, -0.2) is 6.04 Å². The van der Waals surface area contributed by atoms with E-state index >= 15 is 0 Å². The molecule has 0 saturated heterocycles. The van der Waals surface area contributed by atoms with Crippen LogP contribution in [0, 0.1) is 0 Å². The summed E-state index contributed by atoms with van der Waals surface area (Å²) in [4.78, 5) is 1.00. The van der Waals surface area contributed by atoms with Crippen LogP contribution in [0.3, 0.4) is 0 Å². The fourth-order valence-electron chi connectivity index (χ4n) is 1.06. The van der Waals surface area contributed by atoms with Gasteiger partial charge in [-0.25, -0.2) is 0 Å². The van der Waals surface area contributed by atoms with Crippen molar-refractivity contribution in [3.05, 3.63) is 29.8 Å². The van der Waals surface area contributed by atoms with Crippen molar-refractivity contribution in [1.29, 1.82) is 0 Å². The van der Waals surface area contributed by atoms with Crippen molar-refractivity contribution in [3.63, 3.8) is 0 Å². The Morgan fingerprint density at radius 1 is 1.55 bits per heavy atom. The van der Waals surface area contributed by atoms with Crippen molar-refractivity contribution < 1.29 is 0 Å². The quantitative estimate of drug-likeness (QED) is 0.646. The Hall–Kier alpha value is -0.470. The van der Waals surface area contributed by atoms with Gasteiger partial charge in [-0.1, -0.05) is 12.1 Å². The summed E-state index contributed by atoms with van der Waals surface area (Å²) in [6, 6.07) is 8.31. The summed E-state index contributed by atoms with van der Waals surface area (Å²) < 4.78 is 0. The van der Waals surface area contributed by atoms with E-state index < -0.39 is 0 Å². The van der Waals surface area contributed by atoms with E-state index in [0.717, 1.165) is 11.3 Å². The molecule has 2 heteroatoms. The van der Waals surface area contributed by atoms with E-state index in [9.17, 15) is 0 Å². The molecule has 0 saturated carbocycles. The van der Waals surface area contributed by atoms with Crippen LogP contribution in [0.25, 0.3) is 0 Å². The molecule has 0 unspecified atom stereocenters. The first kappa shape index (κ1) is 8.62. The van der Waals surface area contributed by atoms with Gasteiger partial charge < -0.3 is 5.73 Å². The Morgan fingerprint density at radius 2 is 2.27 bits per heavy atom. The van der Waals surface area contributed by atoms with Crippen LogP contribution < -0.4 is 5.73 Å². The fraction of sp³-hybridized carbons (Fsp3) is 0.333. The number of benzene rings is 1. The third kappa shape index (κ3) is 2.95. The van der Waals surface area contributed by atoms with E-state index in [0.29, 0.717) is 0 Å². The van der Waals surface area contributed by atoms with Crippen LogP contribution in [0.4, 0.5) is 0 Å². The van der Waals surface area contributed by atoms with Gasteiger partial charge in [-0.2, -0.15) is 0 Å². The minimum absolute atomic E-state index is 0.227. The predicted octanol–water partition coefficient (Wildman–Crippen LogP) is 1.86. The lowest BCUT2D eigenvalue weighted by atomic mass is 10.1. The number of hydrogen-bond donors (Lipinski definition) is 2. The van der Waals surface area contributed by atoms with Crippen LogP contribution >= 0.6 is 12.6 Å². The van der Waals surface area contributed by atoms with E-state index in [-0.39, 0.29) is 6.04 Å². The maximum Gasteiger partial charge on any atom is 0.00509 e. The zero-order valence-corrected chi connectivity index (χ0v) is 7.51. The van der Waals surface area contributed by atoms with Crippen molar-refractivity contribution in [1.82, 2.24) is 0 Å². The van der Waals surface area contributed by atoms with Crippen molar-refractivity contribution in [2.75, 3.05) is 0 Å². The maximum atomic E-state index is 5.65. The van der Waals surface area contributed by atoms with Gasteiger partial charge in [0.25, 0.3) is 0 Å². The minimum Gasteiger partial charge on any atom is -0.328 e. The lowest BCUT2D eigenvalue weighted by Crippen LogP contribution is -2.17. The largest absolute Gasteiger partial charge is 0.328 e. The second-order valence-corrected chi connectivity index (χ2v) is 3.37. The third-order valence-electron chi connectivity index (χ3n) is 1.47. The molecule has 0 spiro atoms. The summed E-state index contributed by atoms with van der Waals surface area (Å²) in [5, 5.41) is 0. The van der Waals surface area contributed by atoms with Crippen LogP contribution in [0.1, 0.15) is 12.5 Å². The number of thiol groups is 1. The van der Waals surface area contributed by atoms with Gasteiger partial charge in [-0.3, -0.25) is 0 Å². The first-order chi connectivity index (χ1) is 5.18. The summed E-state index contributed by atoms with van der Waals surface area (Å²) in [6.07, 6.45) is 0.925. The first-order valence-electron chi connectivity index (χ1n) is 3.72. The molecule has 1 aromatic rings. The highest BCUT2D eigenvalue weighted by atomic mass is 32.1. The molecule has 1 atom stereocenters. The molecule has 0 amide bonds. The molecule has 11 heavy (non-hydrogen) atoms. The molecular weight excluding hydrogens is 154 g/mol. The van der Waals surface area contributed by atoms with Gasteiger partial charge in [0.2, 0.25) is 0 Å². The zero-order valence-electron chi connectivity index (χ0n) is 6.62. The average Bonchev–Trinajstić information content (AvgIpc) is 1.85. The Balaban J connectivity index is 2.71. The van der Waals surface area contributed by atoms with Gasteiger partial charge in [0, 0.05) is 10.9 Å². The number of hydrogen-bond acceptors (Lipinski definition) is 2. The lowest BCUT2D eigenvalue weighted by Gasteiger charge is -2.04. The van der Waals surface area contributed by atoms with Gasteiger partial charge in [0.15, 0.2) is 0 Å². The van der Waals surface area contributed by atoms with E-state index in [2.05, 4.69) is 18.7 Å². The highest BCUT2D eigenvalue weighted by molar-refractivity contribution is 7.80. The van der Waals surface area contributed by atoms with Crippen LogP contribution in [0.5, 0.6) is 0 Å². The topological polar surface area (TPSA) is 26.0 Å². The highest BCUT2D eigenvalue weighted by Gasteiger charge is 1.96. The van der Waals surface area contributed by atoms with Crippen LogP contribution in [0.2, 0.25) is 0 Å². The summed E-state index contributed by atoms with van der Waals surface area (Å²) in [6.45, 7) is 2.01. The molecule has 1 nitrogen and oxygen atoms in total. The molecule has 0 aromatic heterocycles. The number of nitrogens with two attached hydrogens (primary N) is 1. The van der Waals surface area contributed by atoms with Crippen molar-refractivity contribution in [3.8, 4) is 0 Å². The van der Waals surface area contributed by atoms with Crippen LogP contribution in [-0.2, 0) is 6.42 Å². The first-order valence-corrected chi connectivity index (χ1v) is 4.16. The van der Waals surface area contributed by atoms with E-state index in [1.807, 2.05) is 25.1 Å². The standard InChI is InChI=1S/C9H13NS/c1-7(10)5-8-3-2-4-9(11)6-8/h2-4,6-7,11H,5,10H2,1H3/t7-/m0/s1. The predicted molar refractivity (Wildman–Crippen MR) is 51.0 cm³/mol. The Labute approximate surface area is 73.0 Å². The van der Waals surface area contributed by atoms with Gasteiger partial charge in [0.1, 0.15) is 0 Å². The fourth-order valence-corrected chi connectivity index (χ4v) is 1.31. The Kier molecular flexibility index (Phi) is 2.97. The molecule has 0 fully saturated rings. The monoisotopic (exact) mass is 167 g/mol. The Bertz CT molecular complexity index is 233. The SMILES string of the molecule is C[C@H](N)Cc1cccc(S)c1. The van der Waals surface area contributed by atoms with Crippen molar-refractivity contribution in [2.45, 2.75) is 24.3 Å². The van der Waals surface area contributed by atoms with Gasteiger partial charge in [-0.05, 0) is 31.0 Å². The molecular formula is C9H13NS. The average molecular weight is 167 g/mol. The van der Waals surface area contributed by atoms with Crippen molar-refractivity contribution >= 4 is 12.6 Å². The summed E-state index contributed by atoms with van der Waals surface area (Å²) in [5.74, 6) is 0. The molecule has 2 N–H and O–H groups in total. The second kappa shape index (κ2) is 3.79. The normalized spacial score (nSPS) is 13.0. The van der Waals surface area contributed by atoms with Crippen molar-refractivity contribution in [2.24, 2.45) is 5.73 Å². The molecule has 60 valence electrons. The summed E-state index contributed by atoms with van der Waals surface area (Å²) in [7, 11) is 0. The van der Waals surface area contributed by atoms with Crippen LogP contribution in [0.15, 0.2) is 29.2 Å². The van der Waals surface area contributed by atoms with Gasteiger partial charge in [-0.15, -0.1) is 12.6 Å². The molecule has 0 aliphatic carbocycles. The minimum atomic E-state index is 0.227. The van der Waals surface area contributed by atoms with Gasteiger partial charge in [0.05, 0.1) is 0 Å². The molecule has 0 aliphatic rings. The van der Waals surface area contributed by atoms with E-state index in [4.69, 9.17) is 5.73 Å². The summed E-state index contributed by atoms with van der Waals surface area (Å²) in [5.41, 5.74) is 6.91. The lowest BCUT2D eigenvalue weighted by molar-refractivity contribution is 0.737. The molecule has 0 heterocycles. The molecule has 0 radical (unpaired) electrons. The zero-order chi connectivity index (χ0) is 8.27. The third-order valence-corrected chi connectivity index (χ3v) is 1.75. The van der Waals surface area contributed by atoms with E-state index in [1.54, 1.807) is 0 Å². The molecule has 1 rings (SSSR count). The molecule has 0 bridgehead atoms. The smallest absolute Gasteiger partial charge is 0.00509 e.